The molecule has 3 nitrogen and oxygen atoms in total. The first kappa shape index (κ1) is 15.0. The molecule has 0 aliphatic carbocycles. The molecule has 0 bridgehead atoms. The molecular formula is C16H22N2OS. The van der Waals surface area contributed by atoms with Crippen LogP contribution >= 0.6 is 11.3 Å². The van der Waals surface area contributed by atoms with Gasteiger partial charge >= 0.3 is 0 Å². The summed E-state index contributed by atoms with van der Waals surface area (Å²) in [6.07, 6.45) is 3.77. The molecule has 0 aliphatic heterocycles. The molecule has 0 radical (unpaired) electrons. The number of hydrogen-bond donors (Lipinski definition) is 2. The summed E-state index contributed by atoms with van der Waals surface area (Å²) in [6.45, 7) is 5.28. The van der Waals surface area contributed by atoms with E-state index < -0.39 is 0 Å². The van der Waals surface area contributed by atoms with Crippen molar-refractivity contribution in [2.75, 3.05) is 18.5 Å². The van der Waals surface area contributed by atoms with Gasteiger partial charge in [0.15, 0.2) is 0 Å². The highest BCUT2D eigenvalue weighted by Gasteiger charge is 2.24. The Labute approximate surface area is 124 Å². The molecule has 2 rings (SSSR count). The van der Waals surface area contributed by atoms with Crippen molar-refractivity contribution in [1.29, 1.82) is 0 Å². The van der Waals surface area contributed by atoms with E-state index in [1.807, 2.05) is 17.6 Å². The van der Waals surface area contributed by atoms with Gasteiger partial charge < -0.3 is 10.4 Å². The quantitative estimate of drug-likeness (QED) is 0.809. The SMILES string of the molecule is CCC(CC)(CO)CNc1cccc(-c2nccs2)c1. The molecule has 4 heteroatoms. The molecule has 0 aliphatic rings. The normalized spacial score (nSPS) is 11.6. The minimum Gasteiger partial charge on any atom is -0.396 e. The lowest BCUT2D eigenvalue weighted by atomic mass is 9.83. The highest BCUT2D eigenvalue weighted by atomic mass is 32.1. The summed E-state index contributed by atoms with van der Waals surface area (Å²) in [5.74, 6) is 0. The Morgan fingerprint density at radius 3 is 2.70 bits per heavy atom. The van der Waals surface area contributed by atoms with Crippen LogP contribution in [0.2, 0.25) is 0 Å². The molecule has 2 aromatic rings. The highest BCUT2D eigenvalue weighted by Crippen LogP contribution is 2.28. The van der Waals surface area contributed by atoms with E-state index in [0.29, 0.717) is 0 Å². The molecule has 0 amide bonds. The summed E-state index contributed by atoms with van der Waals surface area (Å²) >= 11 is 1.64. The van der Waals surface area contributed by atoms with Gasteiger partial charge in [-0.1, -0.05) is 26.0 Å². The van der Waals surface area contributed by atoms with Crippen molar-refractivity contribution in [3.05, 3.63) is 35.8 Å². The van der Waals surface area contributed by atoms with Gasteiger partial charge in [-0.2, -0.15) is 0 Å². The van der Waals surface area contributed by atoms with Crippen molar-refractivity contribution >= 4 is 17.0 Å². The van der Waals surface area contributed by atoms with Gasteiger partial charge in [0.05, 0.1) is 6.61 Å². The van der Waals surface area contributed by atoms with Crippen molar-refractivity contribution in [2.24, 2.45) is 5.41 Å². The van der Waals surface area contributed by atoms with Crippen LogP contribution in [0.25, 0.3) is 10.6 Å². The summed E-state index contributed by atoms with van der Waals surface area (Å²) in [6, 6.07) is 8.29. The van der Waals surface area contributed by atoms with Crippen LogP contribution in [0.5, 0.6) is 0 Å². The lowest BCUT2D eigenvalue weighted by Crippen LogP contribution is -2.32. The minimum absolute atomic E-state index is 0.0306. The van der Waals surface area contributed by atoms with Gasteiger partial charge in [-0.15, -0.1) is 11.3 Å². The smallest absolute Gasteiger partial charge is 0.123 e. The maximum absolute atomic E-state index is 9.61. The number of anilines is 1. The van der Waals surface area contributed by atoms with Crippen molar-refractivity contribution < 1.29 is 5.11 Å². The Kier molecular flexibility index (Phi) is 5.15. The number of thiazole rings is 1. The van der Waals surface area contributed by atoms with Crippen LogP contribution in [0.1, 0.15) is 26.7 Å². The third-order valence-corrected chi connectivity index (χ3v) is 4.87. The molecule has 0 saturated carbocycles. The number of benzene rings is 1. The average Bonchev–Trinajstić information content (AvgIpc) is 3.04. The van der Waals surface area contributed by atoms with Crippen LogP contribution in [0.4, 0.5) is 5.69 Å². The second kappa shape index (κ2) is 6.86. The van der Waals surface area contributed by atoms with E-state index in [1.165, 1.54) is 0 Å². The molecule has 2 N–H and O–H groups in total. The molecule has 0 atom stereocenters. The fourth-order valence-electron chi connectivity index (χ4n) is 2.20. The van der Waals surface area contributed by atoms with Gasteiger partial charge in [0.1, 0.15) is 5.01 Å². The summed E-state index contributed by atoms with van der Waals surface area (Å²) in [4.78, 5) is 4.34. The van der Waals surface area contributed by atoms with E-state index in [-0.39, 0.29) is 12.0 Å². The lowest BCUT2D eigenvalue weighted by Gasteiger charge is -2.30. The zero-order valence-electron chi connectivity index (χ0n) is 12.1. The zero-order chi connectivity index (χ0) is 14.4. The van der Waals surface area contributed by atoms with Crippen molar-refractivity contribution in [1.82, 2.24) is 4.98 Å². The number of aliphatic hydroxyl groups excluding tert-OH is 1. The van der Waals surface area contributed by atoms with Gasteiger partial charge in [0, 0.05) is 34.8 Å². The zero-order valence-corrected chi connectivity index (χ0v) is 12.9. The van der Waals surface area contributed by atoms with Crippen LogP contribution in [-0.2, 0) is 0 Å². The second-order valence-electron chi connectivity index (χ2n) is 5.14. The Bertz CT molecular complexity index is 513. The number of nitrogens with zero attached hydrogens (tertiary/aromatic N) is 1. The Hall–Kier alpha value is -1.39. The molecule has 0 saturated heterocycles. The number of aromatic nitrogens is 1. The predicted octanol–water partition coefficient (Wildman–Crippen LogP) is 4.02. The third-order valence-electron chi connectivity index (χ3n) is 4.04. The standard InChI is InChI=1S/C16H22N2OS/c1-3-16(4-2,12-19)11-18-14-7-5-6-13(10-14)15-17-8-9-20-15/h5-10,18-19H,3-4,11-12H2,1-2H3. The van der Waals surface area contributed by atoms with Crippen LogP contribution < -0.4 is 5.32 Å². The molecule has 0 unspecified atom stereocenters. The number of hydrogen-bond acceptors (Lipinski definition) is 4. The van der Waals surface area contributed by atoms with Crippen LogP contribution in [0.3, 0.4) is 0 Å². The van der Waals surface area contributed by atoms with Gasteiger partial charge in [-0.25, -0.2) is 4.98 Å². The van der Waals surface area contributed by atoms with E-state index in [1.54, 1.807) is 11.3 Å². The molecule has 1 aromatic carbocycles. The number of nitrogens with one attached hydrogen (secondary N) is 1. The van der Waals surface area contributed by atoms with E-state index in [9.17, 15) is 5.11 Å². The van der Waals surface area contributed by atoms with Crippen LogP contribution in [0.15, 0.2) is 35.8 Å². The molecule has 108 valence electrons. The highest BCUT2D eigenvalue weighted by molar-refractivity contribution is 7.13. The number of aliphatic hydroxyl groups is 1. The molecule has 1 heterocycles. The first-order chi connectivity index (χ1) is 9.73. The Balaban J connectivity index is 2.09. The van der Waals surface area contributed by atoms with Crippen molar-refractivity contribution in [3.8, 4) is 10.6 Å². The van der Waals surface area contributed by atoms with Crippen LogP contribution in [0, 0.1) is 5.41 Å². The van der Waals surface area contributed by atoms with E-state index in [2.05, 4.69) is 42.3 Å². The maximum atomic E-state index is 9.61. The molecule has 0 spiro atoms. The molecule has 20 heavy (non-hydrogen) atoms. The summed E-state index contributed by atoms with van der Waals surface area (Å²) in [5.41, 5.74) is 2.18. The first-order valence-corrected chi connectivity index (χ1v) is 7.95. The van der Waals surface area contributed by atoms with E-state index in [0.717, 1.165) is 35.6 Å². The van der Waals surface area contributed by atoms with Crippen molar-refractivity contribution in [2.45, 2.75) is 26.7 Å². The van der Waals surface area contributed by atoms with E-state index in [4.69, 9.17) is 0 Å². The first-order valence-electron chi connectivity index (χ1n) is 7.07. The average molecular weight is 290 g/mol. The maximum Gasteiger partial charge on any atom is 0.123 e. The van der Waals surface area contributed by atoms with Crippen LogP contribution in [-0.4, -0.2) is 23.2 Å². The topological polar surface area (TPSA) is 45.1 Å². The fraction of sp³-hybridized carbons (Fsp3) is 0.438. The minimum atomic E-state index is -0.0306. The van der Waals surface area contributed by atoms with E-state index >= 15 is 0 Å². The van der Waals surface area contributed by atoms with Gasteiger partial charge in [0.2, 0.25) is 0 Å². The van der Waals surface area contributed by atoms with Crippen molar-refractivity contribution in [3.63, 3.8) is 0 Å². The molecule has 0 fully saturated rings. The van der Waals surface area contributed by atoms with Gasteiger partial charge in [-0.05, 0) is 25.0 Å². The summed E-state index contributed by atoms with van der Waals surface area (Å²) in [7, 11) is 0. The second-order valence-corrected chi connectivity index (χ2v) is 6.03. The Morgan fingerprint density at radius 2 is 2.10 bits per heavy atom. The molecular weight excluding hydrogens is 268 g/mol. The monoisotopic (exact) mass is 290 g/mol. The predicted molar refractivity (Wildman–Crippen MR) is 86.1 cm³/mol. The number of rotatable bonds is 7. The Morgan fingerprint density at radius 1 is 1.30 bits per heavy atom. The largest absolute Gasteiger partial charge is 0.396 e. The fourth-order valence-corrected chi connectivity index (χ4v) is 2.83. The molecule has 1 aromatic heterocycles. The van der Waals surface area contributed by atoms with Gasteiger partial charge in [0.25, 0.3) is 0 Å². The van der Waals surface area contributed by atoms with Gasteiger partial charge in [-0.3, -0.25) is 0 Å². The lowest BCUT2D eigenvalue weighted by molar-refractivity contribution is 0.127. The summed E-state index contributed by atoms with van der Waals surface area (Å²) < 4.78 is 0. The third kappa shape index (κ3) is 3.38. The summed E-state index contributed by atoms with van der Waals surface area (Å²) in [5, 5.41) is 16.1.